The van der Waals surface area contributed by atoms with E-state index in [-0.39, 0.29) is 23.5 Å². The standard InChI is InChI=1S/C8H10O3/c9-5-3-6(7(10)11)8(4-5)1-2-8/h6H,1-4H2,(H,10,11). The molecule has 0 aromatic carbocycles. The Labute approximate surface area is 64.4 Å². The van der Waals surface area contributed by atoms with E-state index < -0.39 is 5.97 Å². The zero-order valence-corrected chi connectivity index (χ0v) is 6.17. The van der Waals surface area contributed by atoms with Crippen molar-refractivity contribution in [3.8, 4) is 0 Å². The summed E-state index contributed by atoms with van der Waals surface area (Å²) in [5.74, 6) is -1.02. The quantitative estimate of drug-likeness (QED) is 0.608. The number of carbonyl (C=O) groups is 2. The highest BCUT2D eigenvalue weighted by Gasteiger charge is 2.58. The summed E-state index contributed by atoms with van der Waals surface area (Å²) in [7, 11) is 0. The molecule has 0 aromatic rings. The van der Waals surface area contributed by atoms with Crippen molar-refractivity contribution in [3.63, 3.8) is 0 Å². The molecule has 3 heteroatoms. The summed E-state index contributed by atoms with van der Waals surface area (Å²) < 4.78 is 0. The number of rotatable bonds is 1. The Balaban J connectivity index is 2.21. The predicted molar refractivity (Wildman–Crippen MR) is 37.0 cm³/mol. The predicted octanol–water partition coefficient (Wildman–Crippen LogP) is 0.830. The molecule has 2 aliphatic carbocycles. The summed E-state index contributed by atoms with van der Waals surface area (Å²) in [6.45, 7) is 0. The summed E-state index contributed by atoms with van der Waals surface area (Å²) in [4.78, 5) is 21.6. The maximum Gasteiger partial charge on any atom is 0.307 e. The molecule has 0 aliphatic heterocycles. The first-order valence-corrected chi connectivity index (χ1v) is 3.89. The van der Waals surface area contributed by atoms with Gasteiger partial charge in [0.15, 0.2) is 0 Å². The largest absolute Gasteiger partial charge is 0.481 e. The number of ketones is 1. The van der Waals surface area contributed by atoms with Crippen LogP contribution < -0.4 is 0 Å². The van der Waals surface area contributed by atoms with Crippen molar-refractivity contribution < 1.29 is 14.7 Å². The third-order valence-corrected chi connectivity index (χ3v) is 2.91. The van der Waals surface area contributed by atoms with E-state index >= 15 is 0 Å². The van der Waals surface area contributed by atoms with E-state index in [9.17, 15) is 9.59 Å². The van der Waals surface area contributed by atoms with Crippen LogP contribution in [0.4, 0.5) is 0 Å². The molecule has 2 saturated carbocycles. The van der Waals surface area contributed by atoms with E-state index in [2.05, 4.69) is 0 Å². The highest BCUT2D eigenvalue weighted by atomic mass is 16.4. The minimum Gasteiger partial charge on any atom is -0.481 e. The Hall–Kier alpha value is -0.860. The number of hydrogen-bond donors (Lipinski definition) is 1. The molecule has 2 aliphatic rings. The van der Waals surface area contributed by atoms with Crippen molar-refractivity contribution in [1.29, 1.82) is 0 Å². The maximum atomic E-state index is 11.0. The molecule has 0 bridgehead atoms. The van der Waals surface area contributed by atoms with E-state index in [0.29, 0.717) is 6.42 Å². The fourth-order valence-corrected chi connectivity index (χ4v) is 2.07. The lowest BCUT2D eigenvalue weighted by atomic mass is 9.93. The van der Waals surface area contributed by atoms with Crippen LogP contribution in [-0.2, 0) is 9.59 Å². The van der Waals surface area contributed by atoms with Crippen molar-refractivity contribution in [3.05, 3.63) is 0 Å². The minimum absolute atomic E-state index is 0.0943. The molecule has 0 radical (unpaired) electrons. The van der Waals surface area contributed by atoms with Crippen LogP contribution in [0.15, 0.2) is 0 Å². The number of Topliss-reactive ketones (excluding diaryl/α,β-unsaturated/α-hetero) is 1. The molecule has 60 valence electrons. The fraction of sp³-hybridized carbons (Fsp3) is 0.750. The maximum absolute atomic E-state index is 11.0. The topological polar surface area (TPSA) is 54.4 Å². The number of hydrogen-bond acceptors (Lipinski definition) is 2. The average molecular weight is 154 g/mol. The number of carboxylic acid groups (broad SMARTS) is 1. The Morgan fingerprint density at radius 3 is 2.55 bits per heavy atom. The molecule has 1 unspecified atom stereocenters. The fourth-order valence-electron chi connectivity index (χ4n) is 2.07. The first-order valence-electron chi connectivity index (χ1n) is 3.89. The van der Waals surface area contributed by atoms with Crippen LogP contribution in [0.3, 0.4) is 0 Å². The zero-order chi connectivity index (χ0) is 8.06. The van der Waals surface area contributed by atoms with Crippen LogP contribution in [0.1, 0.15) is 25.7 Å². The molecule has 0 saturated heterocycles. The van der Waals surface area contributed by atoms with Gasteiger partial charge in [-0.1, -0.05) is 0 Å². The minimum atomic E-state index is -0.784. The van der Waals surface area contributed by atoms with Crippen LogP contribution in [-0.4, -0.2) is 16.9 Å². The molecular weight excluding hydrogens is 144 g/mol. The highest BCUT2D eigenvalue weighted by molar-refractivity contribution is 5.89. The molecule has 1 N–H and O–H groups in total. The van der Waals surface area contributed by atoms with Gasteiger partial charge in [0.25, 0.3) is 0 Å². The van der Waals surface area contributed by atoms with Crippen LogP contribution in [0.5, 0.6) is 0 Å². The smallest absolute Gasteiger partial charge is 0.307 e. The van der Waals surface area contributed by atoms with Gasteiger partial charge >= 0.3 is 5.97 Å². The lowest BCUT2D eigenvalue weighted by Crippen LogP contribution is -2.18. The molecule has 0 heterocycles. The van der Waals surface area contributed by atoms with Crippen molar-refractivity contribution in [1.82, 2.24) is 0 Å². The number of carboxylic acids is 1. The van der Waals surface area contributed by atoms with Gasteiger partial charge in [-0.2, -0.15) is 0 Å². The molecule has 0 aromatic heterocycles. The molecule has 2 rings (SSSR count). The van der Waals surface area contributed by atoms with Crippen molar-refractivity contribution in [2.45, 2.75) is 25.7 Å². The number of carbonyl (C=O) groups excluding carboxylic acids is 1. The summed E-state index contributed by atoms with van der Waals surface area (Å²) in [5.41, 5.74) is -0.0943. The molecule has 11 heavy (non-hydrogen) atoms. The Morgan fingerprint density at radius 2 is 2.18 bits per heavy atom. The van der Waals surface area contributed by atoms with Gasteiger partial charge in [0.05, 0.1) is 5.92 Å². The van der Waals surface area contributed by atoms with Gasteiger partial charge in [-0.05, 0) is 18.3 Å². The van der Waals surface area contributed by atoms with Crippen LogP contribution in [0.25, 0.3) is 0 Å². The molecule has 3 nitrogen and oxygen atoms in total. The third-order valence-electron chi connectivity index (χ3n) is 2.91. The summed E-state index contributed by atoms with van der Waals surface area (Å²) in [6.07, 6.45) is 2.67. The van der Waals surface area contributed by atoms with Gasteiger partial charge in [0.1, 0.15) is 5.78 Å². The van der Waals surface area contributed by atoms with Crippen LogP contribution >= 0.6 is 0 Å². The van der Waals surface area contributed by atoms with E-state index in [0.717, 1.165) is 12.8 Å². The van der Waals surface area contributed by atoms with Gasteiger partial charge < -0.3 is 5.11 Å². The second kappa shape index (κ2) is 1.84. The summed E-state index contributed by atoms with van der Waals surface area (Å²) in [5, 5.41) is 8.75. The third kappa shape index (κ3) is 0.870. The molecule has 2 fully saturated rings. The van der Waals surface area contributed by atoms with Crippen molar-refractivity contribution in [2.24, 2.45) is 11.3 Å². The van der Waals surface area contributed by atoms with Crippen LogP contribution in [0, 0.1) is 11.3 Å². The van der Waals surface area contributed by atoms with E-state index in [4.69, 9.17) is 5.11 Å². The van der Waals surface area contributed by atoms with Crippen molar-refractivity contribution in [2.75, 3.05) is 0 Å². The monoisotopic (exact) mass is 154 g/mol. The van der Waals surface area contributed by atoms with E-state index in [1.165, 1.54) is 0 Å². The lowest BCUT2D eigenvalue weighted by molar-refractivity contribution is -0.143. The van der Waals surface area contributed by atoms with Crippen LogP contribution in [0.2, 0.25) is 0 Å². The summed E-state index contributed by atoms with van der Waals surface area (Å²) in [6, 6.07) is 0. The molecule has 1 atom stereocenters. The van der Waals surface area contributed by atoms with Gasteiger partial charge in [0.2, 0.25) is 0 Å². The van der Waals surface area contributed by atoms with E-state index in [1.807, 2.05) is 0 Å². The van der Waals surface area contributed by atoms with Gasteiger partial charge in [0, 0.05) is 12.8 Å². The molecule has 1 spiro atoms. The second-order valence-corrected chi connectivity index (χ2v) is 3.67. The average Bonchev–Trinajstić information content (AvgIpc) is 2.54. The van der Waals surface area contributed by atoms with Gasteiger partial charge in [-0.3, -0.25) is 9.59 Å². The Morgan fingerprint density at radius 1 is 1.55 bits per heavy atom. The Bertz CT molecular complexity index is 227. The lowest BCUT2D eigenvalue weighted by Gasteiger charge is -2.10. The summed E-state index contributed by atoms with van der Waals surface area (Å²) >= 11 is 0. The second-order valence-electron chi connectivity index (χ2n) is 3.67. The number of aliphatic carboxylic acids is 1. The zero-order valence-electron chi connectivity index (χ0n) is 6.17. The Kier molecular flexibility index (Phi) is 1.14. The first kappa shape index (κ1) is 6.83. The molecular formula is C8H10O3. The molecule has 0 amide bonds. The van der Waals surface area contributed by atoms with Crippen molar-refractivity contribution >= 4 is 11.8 Å². The van der Waals surface area contributed by atoms with E-state index in [1.54, 1.807) is 0 Å². The first-order chi connectivity index (χ1) is 5.14. The van der Waals surface area contributed by atoms with Gasteiger partial charge in [-0.25, -0.2) is 0 Å². The highest BCUT2D eigenvalue weighted by Crippen LogP contribution is 2.60. The normalized spacial score (nSPS) is 32.7. The SMILES string of the molecule is O=C1CC(C(=O)O)C2(CC2)C1. The van der Waals surface area contributed by atoms with Gasteiger partial charge in [-0.15, -0.1) is 0 Å².